The molecule has 0 amide bonds. The summed E-state index contributed by atoms with van der Waals surface area (Å²) in [5.74, 6) is 0. The van der Waals surface area contributed by atoms with Crippen LogP contribution in [0.3, 0.4) is 0 Å². The van der Waals surface area contributed by atoms with Crippen LogP contribution in [0.15, 0.2) is 36.8 Å². The Balaban J connectivity index is 1.38. The Hall–Kier alpha value is -2.34. The van der Waals surface area contributed by atoms with Gasteiger partial charge in [0.05, 0.1) is 18.1 Å². The Kier molecular flexibility index (Phi) is 3.98. The number of anilines is 1. The normalized spacial score (nSPS) is 23.9. The average molecular weight is 323 g/mol. The highest BCUT2D eigenvalue weighted by Gasteiger charge is 2.43. The molecule has 0 aromatic carbocycles. The quantitative estimate of drug-likeness (QED) is 0.800. The van der Waals surface area contributed by atoms with Crippen molar-refractivity contribution in [3.8, 4) is 0 Å². The van der Waals surface area contributed by atoms with Crippen molar-refractivity contribution in [1.82, 2.24) is 20.1 Å². The summed E-state index contributed by atoms with van der Waals surface area (Å²) in [5.41, 5.74) is 3.23. The van der Waals surface area contributed by atoms with E-state index in [1.54, 1.807) is 12.3 Å². The first-order chi connectivity index (χ1) is 11.8. The molecular formula is C18H21N5O. The third-order valence-corrected chi connectivity index (χ3v) is 5.26. The van der Waals surface area contributed by atoms with Crippen LogP contribution in [0.1, 0.15) is 28.9 Å². The van der Waals surface area contributed by atoms with Gasteiger partial charge in [0.15, 0.2) is 6.29 Å². The van der Waals surface area contributed by atoms with E-state index in [1.807, 2.05) is 24.5 Å². The highest BCUT2D eigenvalue weighted by atomic mass is 16.1. The highest BCUT2D eigenvalue weighted by molar-refractivity contribution is 5.71. The lowest BCUT2D eigenvalue weighted by Crippen LogP contribution is -2.30. The zero-order valence-corrected chi connectivity index (χ0v) is 13.6. The Morgan fingerprint density at radius 3 is 2.75 bits per heavy atom. The van der Waals surface area contributed by atoms with Gasteiger partial charge in [0.2, 0.25) is 0 Å². The zero-order valence-electron chi connectivity index (χ0n) is 13.6. The fourth-order valence-electron chi connectivity index (χ4n) is 3.98. The van der Waals surface area contributed by atoms with Crippen LogP contribution >= 0.6 is 0 Å². The first kappa shape index (κ1) is 15.2. The van der Waals surface area contributed by atoms with Crippen molar-refractivity contribution >= 4 is 12.0 Å². The number of aldehydes is 1. The SMILES string of the molecule is O=Cc1ccc(CN2CCC3(CCN(c4ccnnc4)C3)C2)cn1. The summed E-state index contributed by atoms with van der Waals surface area (Å²) in [5, 5.41) is 7.86. The van der Waals surface area contributed by atoms with Gasteiger partial charge in [-0.25, -0.2) is 0 Å². The standard InChI is InChI=1S/C18H21N5O/c24-12-16-2-1-15(9-19-16)11-22-7-4-18(13-22)5-8-23(14-18)17-3-6-20-21-10-17/h1-3,6,9-10,12H,4-5,7-8,11,13-14H2. The minimum absolute atomic E-state index is 0.388. The fraction of sp³-hybridized carbons (Fsp3) is 0.444. The van der Waals surface area contributed by atoms with E-state index in [9.17, 15) is 4.79 Å². The molecule has 0 N–H and O–H groups in total. The van der Waals surface area contributed by atoms with E-state index in [2.05, 4.69) is 25.0 Å². The van der Waals surface area contributed by atoms with E-state index in [-0.39, 0.29) is 0 Å². The maximum Gasteiger partial charge on any atom is 0.168 e. The number of carbonyl (C=O) groups is 1. The van der Waals surface area contributed by atoms with Crippen LogP contribution in [0.2, 0.25) is 0 Å². The molecule has 1 unspecified atom stereocenters. The van der Waals surface area contributed by atoms with Crippen molar-refractivity contribution in [3.05, 3.63) is 48.0 Å². The van der Waals surface area contributed by atoms with Crippen LogP contribution in [0, 0.1) is 5.41 Å². The Labute approximate surface area is 141 Å². The van der Waals surface area contributed by atoms with Gasteiger partial charge in [-0.1, -0.05) is 6.07 Å². The topological polar surface area (TPSA) is 62.2 Å². The molecule has 4 heterocycles. The van der Waals surface area contributed by atoms with Gasteiger partial charge < -0.3 is 4.90 Å². The molecule has 0 radical (unpaired) electrons. The maximum atomic E-state index is 10.7. The summed E-state index contributed by atoms with van der Waals surface area (Å²) in [6, 6.07) is 5.84. The van der Waals surface area contributed by atoms with Gasteiger partial charge in [0, 0.05) is 37.8 Å². The van der Waals surface area contributed by atoms with Gasteiger partial charge in [-0.3, -0.25) is 14.7 Å². The number of rotatable bonds is 4. The maximum absolute atomic E-state index is 10.7. The van der Waals surface area contributed by atoms with Gasteiger partial charge in [-0.05, 0) is 37.1 Å². The lowest BCUT2D eigenvalue weighted by atomic mass is 9.86. The molecule has 0 bridgehead atoms. The van der Waals surface area contributed by atoms with Crippen molar-refractivity contribution in [2.45, 2.75) is 19.4 Å². The summed E-state index contributed by atoms with van der Waals surface area (Å²) in [7, 11) is 0. The van der Waals surface area contributed by atoms with Crippen LogP contribution in [-0.2, 0) is 6.54 Å². The van der Waals surface area contributed by atoms with Gasteiger partial charge in [-0.15, -0.1) is 0 Å². The van der Waals surface area contributed by atoms with Gasteiger partial charge in [0.1, 0.15) is 5.69 Å². The van der Waals surface area contributed by atoms with E-state index >= 15 is 0 Å². The number of hydrogen-bond donors (Lipinski definition) is 0. The first-order valence-electron chi connectivity index (χ1n) is 8.41. The summed E-state index contributed by atoms with van der Waals surface area (Å²) >= 11 is 0. The van der Waals surface area contributed by atoms with Crippen LogP contribution < -0.4 is 4.90 Å². The number of likely N-dealkylation sites (tertiary alicyclic amines) is 1. The number of nitrogens with zero attached hydrogens (tertiary/aromatic N) is 5. The summed E-state index contributed by atoms with van der Waals surface area (Å²) in [6.45, 7) is 5.34. The molecule has 124 valence electrons. The van der Waals surface area contributed by atoms with Crippen LogP contribution in [0.25, 0.3) is 0 Å². The van der Waals surface area contributed by atoms with Crippen molar-refractivity contribution in [3.63, 3.8) is 0 Å². The van der Waals surface area contributed by atoms with Gasteiger partial charge >= 0.3 is 0 Å². The highest BCUT2D eigenvalue weighted by Crippen LogP contribution is 2.41. The monoisotopic (exact) mass is 323 g/mol. The first-order valence-corrected chi connectivity index (χ1v) is 8.41. The molecule has 2 aromatic rings. The number of aromatic nitrogens is 3. The van der Waals surface area contributed by atoms with Crippen molar-refractivity contribution in [2.24, 2.45) is 5.41 Å². The number of hydrogen-bond acceptors (Lipinski definition) is 6. The molecule has 4 rings (SSSR count). The lowest BCUT2D eigenvalue weighted by molar-refractivity contribution is 0.111. The van der Waals surface area contributed by atoms with Crippen molar-refractivity contribution in [1.29, 1.82) is 0 Å². The minimum atomic E-state index is 0.388. The molecule has 2 aliphatic heterocycles. The van der Waals surface area contributed by atoms with Crippen LogP contribution in [0.5, 0.6) is 0 Å². The second-order valence-electron chi connectivity index (χ2n) is 6.94. The zero-order chi connectivity index (χ0) is 16.4. The molecule has 1 spiro atoms. The average Bonchev–Trinajstić information content (AvgIpc) is 3.23. The summed E-state index contributed by atoms with van der Waals surface area (Å²) < 4.78 is 0. The third-order valence-electron chi connectivity index (χ3n) is 5.26. The van der Waals surface area contributed by atoms with Crippen LogP contribution in [0.4, 0.5) is 5.69 Å². The molecule has 24 heavy (non-hydrogen) atoms. The summed E-state index contributed by atoms with van der Waals surface area (Å²) in [6.07, 6.45) is 8.69. The predicted octanol–water partition coefficient (Wildman–Crippen LogP) is 1.79. The van der Waals surface area contributed by atoms with E-state index in [1.165, 1.54) is 24.1 Å². The molecule has 0 saturated carbocycles. The Bertz CT molecular complexity index is 705. The van der Waals surface area contributed by atoms with E-state index in [4.69, 9.17) is 0 Å². The van der Waals surface area contributed by atoms with E-state index in [0.29, 0.717) is 11.1 Å². The number of pyridine rings is 1. The predicted molar refractivity (Wildman–Crippen MR) is 90.8 cm³/mol. The molecule has 2 fully saturated rings. The Morgan fingerprint density at radius 1 is 1.08 bits per heavy atom. The largest absolute Gasteiger partial charge is 0.370 e. The van der Waals surface area contributed by atoms with E-state index < -0.39 is 0 Å². The molecule has 6 nitrogen and oxygen atoms in total. The molecule has 2 aliphatic rings. The molecule has 2 aromatic heterocycles. The molecule has 0 aliphatic carbocycles. The van der Waals surface area contributed by atoms with Gasteiger partial charge in [-0.2, -0.15) is 10.2 Å². The number of carbonyl (C=O) groups excluding carboxylic acids is 1. The van der Waals surface area contributed by atoms with E-state index in [0.717, 1.165) is 39.0 Å². The fourth-order valence-corrected chi connectivity index (χ4v) is 3.98. The van der Waals surface area contributed by atoms with Crippen molar-refractivity contribution in [2.75, 3.05) is 31.1 Å². The van der Waals surface area contributed by atoms with Crippen LogP contribution in [-0.4, -0.2) is 52.5 Å². The molecule has 2 saturated heterocycles. The second-order valence-corrected chi connectivity index (χ2v) is 6.94. The van der Waals surface area contributed by atoms with Gasteiger partial charge in [0.25, 0.3) is 0 Å². The second kappa shape index (κ2) is 6.28. The summed E-state index contributed by atoms with van der Waals surface area (Å²) in [4.78, 5) is 19.8. The third kappa shape index (κ3) is 3.01. The van der Waals surface area contributed by atoms with Crippen molar-refractivity contribution < 1.29 is 4.79 Å². The lowest BCUT2D eigenvalue weighted by Gasteiger charge is -2.25. The smallest absolute Gasteiger partial charge is 0.168 e. The molecular weight excluding hydrogens is 302 g/mol. The minimum Gasteiger partial charge on any atom is -0.370 e. The molecule has 6 heteroatoms. The Morgan fingerprint density at radius 2 is 2.00 bits per heavy atom. The molecule has 1 atom stereocenters.